The van der Waals surface area contributed by atoms with E-state index in [-0.39, 0.29) is 36.8 Å². The first-order valence-electron chi connectivity index (χ1n) is 16.4. The minimum absolute atomic E-state index is 0.0118. The number of nitrogens with one attached hydrogen (secondary N) is 2. The number of rotatable bonds is 12. The molecule has 0 saturated carbocycles. The van der Waals surface area contributed by atoms with Gasteiger partial charge in [0.15, 0.2) is 6.29 Å². The summed E-state index contributed by atoms with van der Waals surface area (Å²) >= 11 is 0. The zero-order chi connectivity index (χ0) is 33.3. The van der Waals surface area contributed by atoms with Crippen molar-refractivity contribution < 1.29 is 24.5 Å². The summed E-state index contributed by atoms with van der Waals surface area (Å²) in [5, 5.41) is 26.4. The molecular weight excluding hydrogens is 590 g/mol. The summed E-state index contributed by atoms with van der Waals surface area (Å²) in [6, 6.07) is 33.7. The topological polar surface area (TPSA) is 103 Å². The first-order valence-corrected chi connectivity index (χ1v) is 16.4. The van der Waals surface area contributed by atoms with E-state index in [1.807, 2.05) is 99.8 Å². The number of carbonyl (C=O) groups excluding carboxylic acids is 1. The van der Waals surface area contributed by atoms with Gasteiger partial charge in [-0.25, -0.2) is 4.79 Å². The Balaban J connectivity index is 1.35. The van der Waals surface area contributed by atoms with Crippen LogP contribution in [-0.4, -0.2) is 53.4 Å². The second-order valence-electron chi connectivity index (χ2n) is 12.4. The second-order valence-corrected chi connectivity index (χ2v) is 12.4. The Kier molecular flexibility index (Phi) is 11.8. The summed E-state index contributed by atoms with van der Waals surface area (Å²) in [7, 11) is 2.02. The fourth-order valence-corrected chi connectivity index (χ4v) is 6.05. The molecule has 8 nitrogen and oxygen atoms in total. The standard InChI is InChI=1S/C39H47N3O5/c1-5-40-39(45)41-23-29-10-9-13-34(22-29)30-18-20-33(21-19-30)38-46-35(24-42(4)27(3)36(44)31-11-7-6-8-12-31)26(2)37(47-38)32-16-14-28(25-43)15-17-32/h6-22,26-27,35-38,43-44H,5,23-25H2,1-4H3,(H2,40,41,45)/t26-,27-,35+,36-,37+,38+/m1/s1. The number of amides is 2. The van der Waals surface area contributed by atoms with Gasteiger partial charge in [-0.1, -0.05) is 104 Å². The van der Waals surface area contributed by atoms with E-state index in [4.69, 9.17) is 9.47 Å². The van der Waals surface area contributed by atoms with Crippen molar-refractivity contribution in [3.63, 3.8) is 0 Å². The fraction of sp³-hybridized carbons (Fsp3) is 0.359. The molecule has 4 aromatic rings. The summed E-state index contributed by atoms with van der Waals surface area (Å²) in [6.45, 7) is 7.69. The molecule has 1 aliphatic heterocycles. The number of aliphatic hydroxyl groups is 2. The lowest BCUT2D eigenvalue weighted by molar-refractivity contribution is -0.276. The number of ether oxygens (including phenoxy) is 2. The quantitative estimate of drug-likeness (QED) is 0.141. The van der Waals surface area contributed by atoms with Gasteiger partial charge in [0.2, 0.25) is 0 Å². The molecule has 1 heterocycles. The number of hydrogen-bond donors (Lipinski definition) is 4. The molecule has 0 aromatic heterocycles. The number of benzene rings is 4. The van der Waals surface area contributed by atoms with Crippen molar-refractivity contribution >= 4 is 6.03 Å². The van der Waals surface area contributed by atoms with Gasteiger partial charge in [0.05, 0.1) is 24.9 Å². The highest BCUT2D eigenvalue weighted by Gasteiger charge is 2.39. The number of likely N-dealkylation sites (N-methyl/N-ethyl adjacent to an activating group) is 1. The van der Waals surface area contributed by atoms with E-state index < -0.39 is 12.4 Å². The highest BCUT2D eigenvalue weighted by molar-refractivity contribution is 5.73. The van der Waals surface area contributed by atoms with Crippen LogP contribution in [0.25, 0.3) is 11.1 Å². The fourth-order valence-electron chi connectivity index (χ4n) is 6.05. The molecule has 8 heteroatoms. The van der Waals surface area contributed by atoms with E-state index in [1.165, 1.54) is 0 Å². The molecule has 5 rings (SSSR count). The van der Waals surface area contributed by atoms with Gasteiger partial charge in [-0.2, -0.15) is 0 Å². The zero-order valence-electron chi connectivity index (χ0n) is 27.7. The first-order chi connectivity index (χ1) is 22.8. The summed E-state index contributed by atoms with van der Waals surface area (Å²) in [5.41, 5.74) is 6.80. The number of aliphatic hydroxyl groups excluding tert-OH is 2. The number of nitrogens with zero attached hydrogens (tertiary/aromatic N) is 1. The smallest absolute Gasteiger partial charge is 0.315 e. The Morgan fingerprint density at radius 1 is 0.851 bits per heavy atom. The molecule has 2 amide bonds. The molecule has 4 aromatic carbocycles. The Bertz CT molecular complexity index is 1560. The molecule has 0 bridgehead atoms. The Hall–Kier alpha value is -4.05. The van der Waals surface area contributed by atoms with E-state index in [2.05, 4.69) is 46.7 Å². The molecule has 4 N–H and O–H groups in total. The van der Waals surface area contributed by atoms with Crippen LogP contribution in [0.2, 0.25) is 0 Å². The van der Waals surface area contributed by atoms with E-state index in [0.29, 0.717) is 19.6 Å². The van der Waals surface area contributed by atoms with Gasteiger partial charge in [0, 0.05) is 37.2 Å². The van der Waals surface area contributed by atoms with Crippen LogP contribution in [0.1, 0.15) is 67.1 Å². The highest BCUT2D eigenvalue weighted by atomic mass is 16.7. The van der Waals surface area contributed by atoms with Gasteiger partial charge in [-0.3, -0.25) is 4.90 Å². The lowest BCUT2D eigenvalue weighted by atomic mass is 9.89. The molecule has 6 atom stereocenters. The van der Waals surface area contributed by atoms with Crippen molar-refractivity contribution in [1.82, 2.24) is 15.5 Å². The third kappa shape index (κ3) is 8.66. The summed E-state index contributed by atoms with van der Waals surface area (Å²) in [6.07, 6.45) is -1.64. The van der Waals surface area contributed by atoms with Crippen molar-refractivity contribution in [3.8, 4) is 11.1 Å². The Labute approximate surface area is 278 Å². The van der Waals surface area contributed by atoms with Crippen molar-refractivity contribution in [2.24, 2.45) is 5.92 Å². The average Bonchev–Trinajstić information content (AvgIpc) is 3.11. The summed E-state index contributed by atoms with van der Waals surface area (Å²) < 4.78 is 13.4. The molecule has 0 aliphatic carbocycles. The van der Waals surface area contributed by atoms with Crippen LogP contribution in [0, 0.1) is 5.92 Å². The van der Waals surface area contributed by atoms with E-state index in [1.54, 1.807) is 0 Å². The van der Waals surface area contributed by atoms with Crippen LogP contribution in [0.5, 0.6) is 0 Å². The van der Waals surface area contributed by atoms with Crippen LogP contribution in [0.4, 0.5) is 4.79 Å². The lowest BCUT2D eigenvalue weighted by Gasteiger charge is -2.43. The van der Waals surface area contributed by atoms with Crippen LogP contribution in [0.3, 0.4) is 0 Å². The highest BCUT2D eigenvalue weighted by Crippen LogP contribution is 2.42. The molecule has 0 radical (unpaired) electrons. The van der Waals surface area contributed by atoms with Gasteiger partial charge in [0.1, 0.15) is 0 Å². The van der Waals surface area contributed by atoms with Crippen LogP contribution < -0.4 is 10.6 Å². The largest absolute Gasteiger partial charge is 0.392 e. The lowest BCUT2D eigenvalue weighted by Crippen LogP contribution is -2.46. The monoisotopic (exact) mass is 637 g/mol. The van der Waals surface area contributed by atoms with Crippen LogP contribution >= 0.6 is 0 Å². The van der Waals surface area contributed by atoms with Gasteiger partial charge in [0.25, 0.3) is 0 Å². The van der Waals surface area contributed by atoms with Crippen LogP contribution in [0.15, 0.2) is 103 Å². The van der Waals surface area contributed by atoms with E-state index in [9.17, 15) is 15.0 Å². The van der Waals surface area contributed by atoms with Gasteiger partial charge >= 0.3 is 6.03 Å². The maximum absolute atomic E-state index is 11.9. The summed E-state index contributed by atoms with van der Waals surface area (Å²) in [4.78, 5) is 14.0. The number of carbonyl (C=O) groups is 1. The van der Waals surface area contributed by atoms with Crippen molar-refractivity contribution in [1.29, 1.82) is 0 Å². The maximum Gasteiger partial charge on any atom is 0.315 e. The Morgan fingerprint density at radius 3 is 2.23 bits per heavy atom. The molecule has 248 valence electrons. The van der Waals surface area contributed by atoms with Crippen LogP contribution in [-0.2, 0) is 22.6 Å². The first kappa shape index (κ1) is 34.3. The van der Waals surface area contributed by atoms with Gasteiger partial charge in [-0.15, -0.1) is 0 Å². The maximum atomic E-state index is 11.9. The predicted octanol–water partition coefficient (Wildman–Crippen LogP) is 6.51. The van der Waals surface area contributed by atoms with Gasteiger partial charge in [-0.05, 0) is 60.3 Å². The zero-order valence-corrected chi connectivity index (χ0v) is 27.7. The molecule has 1 saturated heterocycles. The summed E-state index contributed by atoms with van der Waals surface area (Å²) in [5.74, 6) is 0.0183. The van der Waals surface area contributed by atoms with Gasteiger partial charge < -0.3 is 30.3 Å². The van der Waals surface area contributed by atoms with Crippen molar-refractivity contribution in [3.05, 3.63) is 131 Å². The molecule has 1 fully saturated rings. The molecule has 0 unspecified atom stereocenters. The normalized spacial score (nSPS) is 20.8. The predicted molar refractivity (Wildman–Crippen MR) is 184 cm³/mol. The average molecular weight is 638 g/mol. The van der Waals surface area contributed by atoms with E-state index >= 15 is 0 Å². The Morgan fingerprint density at radius 2 is 1.55 bits per heavy atom. The molecule has 1 aliphatic rings. The third-order valence-corrected chi connectivity index (χ3v) is 9.12. The minimum Gasteiger partial charge on any atom is -0.392 e. The molecule has 47 heavy (non-hydrogen) atoms. The third-order valence-electron chi connectivity index (χ3n) is 9.12. The van der Waals surface area contributed by atoms with E-state index in [0.717, 1.165) is 38.9 Å². The SMILES string of the molecule is CCNC(=O)NCc1cccc(-c2ccc([C@H]3O[C@@H](CN(C)[C@H](C)[C@@H](O)c4ccccc4)[C@@H](C)[C@@H](c4ccc(CO)cc4)O3)cc2)c1. The van der Waals surface area contributed by atoms with Crippen molar-refractivity contribution in [2.75, 3.05) is 20.1 Å². The number of urea groups is 1. The molecular formula is C39H47N3O5. The minimum atomic E-state index is -0.635. The molecule has 0 spiro atoms. The van der Waals surface area contributed by atoms with Crippen molar-refractivity contribution in [2.45, 2.75) is 64.6 Å². The number of hydrogen-bond acceptors (Lipinski definition) is 6. The second kappa shape index (κ2) is 16.2.